The van der Waals surface area contributed by atoms with Gasteiger partial charge in [0.1, 0.15) is 37.4 Å². The molecule has 0 heterocycles. The second-order valence-corrected chi connectivity index (χ2v) is 9.47. The fraction of sp³-hybridized carbons (Fsp3) is 0.300. The van der Waals surface area contributed by atoms with Crippen LogP contribution in [0.25, 0.3) is 0 Å². The number of unbranched alkanes of at least 4 members (excludes halogenated alkanes) is 2. The Balaban J connectivity index is 1.27. The van der Waals surface area contributed by atoms with Crippen LogP contribution < -0.4 is 9.47 Å². The number of aliphatic hydroxyl groups is 1. The van der Waals surface area contributed by atoms with Crippen LogP contribution in [0.15, 0.2) is 96.4 Å². The number of aryl methyl sites for hydroxylation is 1. The summed E-state index contributed by atoms with van der Waals surface area (Å²) in [6, 6.07) is 25.2. The molecule has 0 fully saturated rings. The molecule has 3 aromatic rings. The molecular weight excluding hydrogens is 472 g/mol. The minimum atomic E-state index is -0.785. The summed E-state index contributed by atoms with van der Waals surface area (Å²) in [4.78, 5) is 13.0. The predicted octanol–water partition coefficient (Wildman–Crippen LogP) is 6.35. The highest BCUT2D eigenvalue weighted by molar-refractivity contribution is 7.99. The number of ether oxygens (including phenoxy) is 3. The predicted molar refractivity (Wildman–Crippen MR) is 145 cm³/mol. The minimum Gasteiger partial charge on any atom is -0.491 e. The molecule has 0 saturated carbocycles. The number of carbonyl (C=O) groups is 1. The molecule has 5 nitrogen and oxygen atoms in total. The summed E-state index contributed by atoms with van der Waals surface area (Å²) >= 11 is 1.85. The Morgan fingerprint density at radius 3 is 2.14 bits per heavy atom. The fourth-order valence-electron chi connectivity index (χ4n) is 3.41. The van der Waals surface area contributed by atoms with Gasteiger partial charge >= 0.3 is 5.97 Å². The zero-order valence-corrected chi connectivity index (χ0v) is 21.3. The summed E-state index contributed by atoms with van der Waals surface area (Å²) in [5.74, 6) is 1.94. The highest BCUT2D eigenvalue weighted by atomic mass is 32.2. The van der Waals surface area contributed by atoms with E-state index in [4.69, 9.17) is 14.2 Å². The van der Waals surface area contributed by atoms with Crippen LogP contribution in [-0.2, 0) is 11.2 Å². The number of esters is 1. The quantitative estimate of drug-likeness (QED) is 0.106. The number of benzene rings is 3. The number of rotatable bonds is 16. The number of aliphatic hydroxyl groups excluding tert-OH is 1. The molecule has 0 aliphatic rings. The van der Waals surface area contributed by atoms with E-state index >= 15 is 0 Å². The molecule has 0 spiro atoms. The zero-order valence-electron chi connectivity index (χ0n) is 20.5. The molecule has 0 radical (unpaired) electrons. The average Bonchev–Trinajstić information content (AvgIpc) is 2.92. The first-order valence-corrected chi connectivity index (χ1v) is 13.2. The van der Waals surface area contributed by atoms with Crippen LogP contribution in [0, 0.1) is 0 Å². The molecule has 0 amide bonds. The van der Waals surface area contributed by atoms with Gasteiger partial charge in [-0.2, -0.15) is 0 Å². The summed E-state index contributed by atoms with van der Waals surface area (Å²) in [7, 11) is 0. The van der Waals surface area contributed by atoms with Crippen molar-refractivity contribution in [3.8, 4) is 11.5 Å². The van der Waals surface area contributed by atoms with Crippen molar-refractivity contribution in [2.45, 2.75) is 36.7 Å². The maximum absolute atomic E-state index is 11.8. The summed E-state index contributed by atoms with van der Waals surface area (Å²) in [6.45, 7) is 3.89. The molecule has 1 atom stereocenters. The molecule has 36 heavy (non-hydrogen) atoms. The Bertz CT molecular complexity index is 1040. The molecule has 190 valence electrons. The summed E-state index contributed by atoms with van der Waals surface area (Å²) in [5.41, 5.74) is 1.84. The van der Waals surface area contributed by atoms with Crippen molar-refractivity contribution in [1.82, 2.24) is 0 Å². The highest BCUT2D eigenvalue weighted by Gasteiger charge is 2.09. The van der Waals surface area contributed by atoms with Gasteiger partial charge in [0, 0.05) is 4.90 Å². The van der Waals surface area contributed by atoms with E-state index in [9.17, 15) is 9.90 Å². The third kappa shape index (κ3) is 10.2. The second kappa shape index (κ2) is 15.7. The van der Waals surface area contributed by atoms with Crippen LogP contribution in [0.5, 0.6) is 11.5 Å². The van der Waals surface area contributed by atoms with E-state index in [0.717, 1.165) is 12.2 Å². The monoisotopic (exact) mass is 506 g/mol. The third-order valence-electron chi connectivity index (χ3n) is 5.35. The van der Waals surface area contributed by atoms with E-state index in [0.29, 0.717) is 17.1 Å². The molecule has 6 heteroatoms. The molecule has 3 rings (SSSR count). The van der Waals surface area contributed by atoms with Crippen molar-refractivity contribution in [2.24, 2.45) is 0 Å². The van der Waals surface area contributed by atoms with Gasteiger partial charge in [-0.05, 0) is 79.1 Å². The largest absolute Gasteiger partial charge is 0.491 e. The number of carbonyl (C=O) groups excluding carboxylic acids is 1. The normalized spacial score (nSPS) is 11.5. The zero-order chi connectivity index (χ0) is 25.4. The first kappa shape index (κ1) is 27.4. The van der Waals surface area contributed by atoms with Gasteiger partial charge in [-0.1, -0.05) is 49.4 Å². The highest BCUT2D eigenvalue weighted by Crippen LogP contribution is 2.23. The molecule has 0 aromatic heterocycles. The molecule has 0 aliphatic heterocycles. The lowest BCUT2D eigenvalue weighted by Crippen LogP contribution is -2.25. The van der Waals surface area contributed by atoms with Crippen LogP contribution >= 0.6 is 11.8 Å². The topological polar surface area (TPSA) is 65.0 Å². The Morgan fingerprint density at radius 1 is 0.861 bits per heavy atom. The number of hydrogen-bond acceptors (Lipinski definition) is 6. The standard InChI is InChI=1S/C30H34O5S/c1-2-20-33-30(32)25-12-14-27(15-13-25)34-22-26(31)23-35-28-16-18-29(19-17-28)36-21-8-4-7-11-24-9-5-3-6-10-24/h2-3,5-6,9-10,12-19,26,31H,1,4,7-8,11,20-23H2. The van der Waals surface area contributed by atoms with Gasteiger partial charge in [0.05, 0.1) is 5.56 Å². The van der Waals surface area contributed by atoms with E-state index < -0.39 is 12.1 Å². The number of hydrogen-bond donors (Lipinski definition) is 1. The summed E-state index contributed by atoms with van der Waals surface area (Å²) in [5, 5.41) is 10.2. The van der Waals surface area contributed by atoms with Gasteiger partial charge in [0.2, 0.25) is 0 Å². The Labute approximate surface area is 218 Å². The maximum Gasteiger partial charge on any atom is 0.338 e. The first-order chi connectivity index (χ1) is 17.6. The smallest absolute Gasteiger partial charge is 0.338 e. The molecule has 0 aliphatic carbocycles. The Hall–Kier alpha value is -3.22. The molecule has 3 aromatic carbocycles. The molecule has 1 N–H and O–H groups in total. The van der Waals surface area contributed by atoms with Crippen molar-refractivity contribution in [1.29, 1.82) is 0 Å². The molecule has 0 saturated heterocycles. The minimum absolute atomic E-state index is 0.0818. The van der Waals surface area contributed by atoms with Gasteiger partial charge < -0.3 is 19.3 Å². The Morgan fingerprint density at radius 2 is 1.50 bits per heavy atom. The van der Waals surface area contributed by atoms with Gasteiger partial charge in [-0.25, -0.2) is 4.79 Å². The van der Waals surface area contributed by atoms with Gasteiger partial charge in [-0.15, -0.1) is 11.8 Å². The lowest BCUT2D eigenvalue weighted by Gasteiger charge is -2.14. The van der Waals surface area contributed by atoms with Crippen molar-refractivity contribution in [3.05, 3.63) is 103 Å². The lowest BCUT2D eigenvalue weighted by atomic mass is 10.1. The van der Waals surface area contributed by atoms with Crippen LogP contribution in [0.1, 0.15) is 35.2 Å². The first-order valence-electron chi connectivity index (χ1n) is 12.2. The third-order valence-corrected chi connectivity index (χ3v) is 6.45. The van der Waals surface area contributed by atoms with Crippen molar-refractivity contribution in [2.75, 3.05) is 25.6 Å². The van der Waals surface area contributed by atoms with E-state index in [1.807, 2.05) is 23.9 Å². The van der Waals surface area contributed by atoms with E-state index in [1.54, 1.807) is 24.3 Å². The van der Waals surface area contributed by atoms with Crippen molar-refractivity contribution >= 4 is 17.7 Å². The van der Waals surface area contributed by atoms with E-state index in [2.05, 4.69) is 49.0 Å². The van der Waals surface area contributed by atoms with Crippen molar-refractivity contribution in [3.63, 3.8) is 0 Å². The van der Waals surface area contributed by atoms with Crippen LogP contribution in [0.2, 0.25) is 0 Å². The van der Waals surface area contributed by atoms with Gasteiger partial charge in [0.25, 0.3) is 0 Å². The van der Waals surface area contributed by atoms with Crippen LogP contribution in [0.3, 0.4) is 0 Å². The van der Waals surface area contributed by atoms with E-state index in [1.165, 1.54) is 35.8 Å². The van der Waals surface area contributed by atoms with Crippen LogP contribution in [0.4, 0.5) is 0 Å². The summed E-state index contributed by atoms with van der Waals surface area (Å²) in [6.07, 6.45) is 5.53. The second-order valence-electron chi connectivity index (χ2n) is 8.30. The molecule has 0 bridgehead atoms. The van der Waals surface area contributed by atoms with E-state index in [-0.39, 0.29) is 19.8 Å². The van der Waals surface area contributed by atoms with Crippen LogP contribution in [-0.4, -0.2) is 42.8 Å². The average molecular weight is 507 g/mol. The SMILES string of the molecule is C=CCOC(=O)c1ccc(OCC(O)COc2ccc(SCCCCCc3ccccc3)cc2)cc1. The van der Waals surface area contributed by atoms with Crippen molar-refractivity contribution < 1.29 is 24.1 Å². The van der Waals surface area contributed by atoms with Gasteiger partial charge in [0.15, 0.2) is 0 Å². The number of thioether (sulfide) groups is 1. The van der Waals surface area contributed by atoms with Gasteiger partial charge in [-0.3, -0.25) is 0 Å². The summed E-state index contributed by atoms with van der Waals surface area (Å²) < 4.78 is 16.3. The maximum atomic E-state index is 11.8. The molecular formula is C30H34O5S. The Kier molecular flexibility index (Phi) is 11.9. The lowest BCUT2D eigenvalue weighted by molar-refractivity contribution is 0.0548. The molecule has 1 unspecified atom stereocenters. The fourth-order valence-corrected chi connectivity index (χ4v) is 4.33.